The second-order valence-electron chi connectivity index (χ2n) is 18.0. The van der Waals surface area contributed by atoms with Gasteiger partial charge in [0, 0.05) is 25.2 Å². The average Bonchev–Trinajstić information content (AvgIpc) is 3.53. The lowest BCUT2D eigenvalue weighted by atomic mass is 9.44. The molecular formula is C45H55NO15. The molecule has 16 heteroatoms. The smallest absolute Gasteiger partial charge is 0.469 e. The summed E-state index contributed by atoms with van der Waals surface area (Å²) in [7, 11) is 1.32. The Balaban J connectivity index is 0.000000263. The Morgan fingerprint density at radius 1 is 0.951 bits per heavy atom. The van der Waals surface area contributed by atoms with Crippen LogP contribution >= 0.6 is 0 Å². The molecule has 1 spiro atoms. The molecule has 2 heterocycles. The van der Waals surface area contributed by atoms with Crippen LogP contribution in [0.3, 0.4) is 0 Å². The van der Waals surface area contributed by atoms with Crippen molar-refractivity contribution in [1.82, 2.24) is 5.32 Å². The predicted octanol–water partition coefficient (Wildman–Crippen LogP) is 5.08. The van der Waals surface area contributed by atoms with Crippen LogP contribution in [0.4, 0.5) is 9.59 Å². The summed E-state index contributed by atoms with van der Waals surface area (Å²) in [6.45, 7) is 13.0. The van der Waals surface area contributed by atoms with Crippen molar-refractivity contribution in [3.8, 4) is 0 Å². The number of aliphatic hydroxyl groups is 2. The third-order valence-corrected chi connectivity index (χ3v) is 12.8. The van der Waals surface area contributed by atoms with Crippen molar-refractivity contribution >= 4 is 35.9 Å². The Hall–Kier alpha value is -5.32. The minimum Gasteiger partial charge on any atom is -0.469 e. The number of esters is 3. The highest BCUT2D eigenvalue weighted by Crippen LogP contribution is 2.66. The first-order valence-corrected chi connectivity index (χ1v) is 20.2. The molecule has 2 bridgehead atoms. The van der Waals surface area contributed by atoms with Gasteiger partial charge in [-0.25, -0.2) is 14.4 Å². The molecule has 0 aromatic heterocycles. The van der Waals surface area contributed by atoms with Gasteiger partial charge in [-0.2, -0.15) is 0 Å². The molecular weight excluding hydrogens is 794 g/mol. The fourth-order valence-corrected chi connectivity index (χ4v) is 10.1. The van der Waals surface area contributed by atoms with Crippen molar-refractivity contribution < 1.29 is 72.1 Å². The number of nitrogens with one attached hydrogen (secondary N) is 1. The number of ketones is 1. The Morgan fingerprint density at radius 2 is 1.57 bits per heavy atom. The third kappa shape index (κ3) is 7.89. The topological polar surface area (TPSA) is 220 Å². The van der Waals surface area contributed by atoms with Gasteiger partial charge < -0.3 is 48.7 Å². The van der Waals surface area contributed by atoms with Gasteiger partial charge in [-0.3, -0.25) is 14.4 Å². The van der Waals surface area contributed by atoms with E-state index in [2.05, 4.69) is 10.1 Å². The Labute approximate surface area is 354 Å². The van der Waals surface area contributed by atoms with Crippen molar-refractivity contribution in [2.24, 2.45) is 16.7 Å². The van der Waals surface area contributed by atoms with E-state index in [1.807, 2.05) is 30.3 Å². The van der Waals surface area contributed by atoms with Crippen molar-refractivity contribution in [2.75, 3.05) is 13.7 Å². The van der Waals surface area contributed by atoms with Crippen molar-refractivity contribution in [3.05, 3.63) is 82.9 Å². The standard InChI is InChI=1S/C30H34O11.C15H21NO4/c1-14-11-19-30(41-26(36)38-19)24(39-25(35)16-9-7-6-8-10-16)22-28(5,23(34)21(33)20(14)27(30,3)4)17(32)12-18-29(22,13-37-18)40-15(2)31;1-15(2,3)20-14(18)16-12(10-13(17)19-4)11-8-6-5-7-9-11/h6-10,17-19,21-22,24,32-33H,11-13H2,1-5H3;5-9,12H,10H2,1-4H3,(H,16,18)/t17-,18+,19-,21+,22?,24-,28+,29-,30+;12-/m01/s1. The predicted molar refractivity (Wildman–Crippen MR) is 213 cm³/mol. The SMILES string of the molecule is CC(=O)O[C@@]12CO[C@@H]1C[C@H](O)[C@@]1(C)C(=O)[C@H](O)C3=C(C)C[C@@H]4OC(=O)O[C@]4([C@@H](OC(=O)c4ccccc4)C12)C3(C)C.COC(=O)C[C@@H](NC(=O)OC(C)(C)C)c1ccccc1. The summed E-state index contributed by atoms with van der Waals surface area (Å²) in [6, 6.07) is 16.9. The molecule has 10 atom stereocenters. The summed E-state index contributed by atoms with van der Waals surface area (Å²) in [6.07, 6.45) is -7.88. The number of hydrogen-bond donors (Lipinski definition) is 3. The van der Waals surface area contributed by atoms with Crippen LogP contribution in [-0.2, 0) is 47.5 Å². The molecule has 330 valence electrons. The van der Waals surface area contributed by atoms with Crippen molar-refractivity contribution in [2.45, 2.75) is 128 Å². The van der Waals surface area contributed by atoms with Gasteiger partial charge in [0.25, 0.3) is 0 Å². The van der Waals surface area contributed by atoms with Crippen LogP contribution in [0.25, 0.3) is 0 Å². The second-order valence-corrected chi connectivity index (χ2v) is 18.0. The molecule has 2 saturated heterocycles. The molecule has 3 N–H and O–H groups in total. The van der Waals surface area contributed by atoms with E-state index >= 15 is 0 Å². The van der Waals surface area contributed by atoms with E-state index in [9.17, 15) is 39.0 Å². The number of aliphatic hydroxyl groups excluding tert-OH is 2. The summed E-state index contributed by atoms with van der Waals surface area (Å²) in [5.74, 6) is -3.86. The lowest BCUT2D eigenvalue weighted by molar-refractivity contribution is -0.344. The molecule has 2 aromatic rings. The Bertz CT molecular complexity index is 2080. The number of amides is 1. The molecule has 4 fully saturated rings. The molecule has 2 aromatic carbocycles. The molecule has 1 unspecified atom stereocenters. The fourth-order valence-electron chi connectivity index (χ4n) is 10.1. The van der Waals surface area contributed by atoms with Gasteiger partial charge >= 0.3 is 30.2 Å². The van der Waals surface area contributed by atoms with Gasteiger partial charge in [-0.05, 0) is 57.9 Å². The number of alkyl carbamates (subject to hydrolysis) is 1. The first-order chi connectivity index (χ1) is 28.5. The maximum Gasteiger partial charge on any atom is 0.509 e. The summed E-state index contributed by atoms with van der Waals surface area (Å²) in [4.78, 5) is 77.1. The van der Waals surface area contributed by atoms with Gasteiger partial charge in [0.15, 0.2) is 29.2 Å². The van der Waals surface area contributed by atoms with Gasteiger partial charge in [0.05, 0.1) is 49.2 Å². The second kappa shape index (κ2) is 16.5. The van der Waals surface area contributed by atoms with E-state index < -0.39 is 106 Å². The zero-order valence-corrected chi connectivity index (χ0v) is 35.8. The number of carbonyl (C=O) groups is 6. The van der Waals surface area contributed by atoms with Gasteiger partial charge in [-0.15, -0.1) is 0 Å². The molecule has 1 amide bonds. The van der Waals surface area contributed by atoms with Gasteiger partial charge in [0.1, 0.15) is 17.8 Å². The highest BCUT2D eigenvalue weighted by Gasteiger charge is 2.81. The van der Waals surface area contributed by atoms with Crippen LogP contribution in [-0.4, -0.2) is 107 Å². The molecule has 0 radical (unpaired) electrons. The first-order valence-electron chi connectivity index (χ1n) is 20.2. The molecule has 5 aliphatic rings. The fraction of sp³-hybridized carbons (Fsp3) is 0.556. The van der Waals surface area contributed by atoms with Crippen molar-refractivity contribution in [3.63, 3.8) is 0 Å². The van der Waals surface area contributed by atoms with E-state index in [1.165, 1.54) is 21.0 Å². The number of hydrogen-bond acceptors (Lipinski definition) is 15. The Kier molecular flexibility index (Phi) is 12.2. The van der Waals surface area contributed by atoms with Crippen LogP contribution in [0, 0.1) is 16.7 Å². The first kappa shape index (κ1) is 45.2. The van der Waals surface area contributed by atoms with E-state index in [0.717, 1.165) is 5.56 Å². The average molecular weight is 850 g/mol. The van der Waals surface area contributed by atoms with Crippen LogP contribution in [0.15, 0.2) is 71.8 Å². The summed E-state index contributed by atoms with van der Waals surface area (Å²) in [5, 5.41) is 26.0. The maximum atomic E-state index is 14.5. The molecule has 3 aliphatic carbocycles. The quantitative estimate of drug-likeness (QED) is 0.188. The van der Waals surface area contributed by atoms with E-state index in [1.54, 1.807) is 71.9 Å². The number of fused-ring (bicyclic) bond motifs is 4. The summed E-state index contributed by atoms with van der Waals surface area (Å²) < 4.78 is 39.7. The minimum absolute atomic E-state index is 0.0553. The lowest BCUT2D eigenvalue weighted by Gasteiger charge is -2.67. The third-order valence-electron chi connectivity index (χ3n) is 12.8. The normalized spacial score (nSPS) is 32.4. The summed E-state index contributed by atoms with van der Waals surface area (Å²) in [5.41, 5.74) is -5.11. The molecule has 16 nitrogen and oxygen atoms in total. The van der Waals surface area contributed by atoms with E-state index in [0.29, 0.717) is 11.1 Å². The molecule has 7 rings (SSSR count). The van der Waals surface area contributed by atoms with E-state index in [-0.39, 0.29) is 31.4 Å². The lowest BCUT2D eigenvalue weighted by Crippen LogP contribution is -2.82. The molecule has 61 heavy (non-hydrogen) atoms. The highest BCUT2D eigenvalue weighted by atomic mass is 16.8. The molecule has 2 aliphatic heterocycles. The van der Waals surface area contributed by atoms with E-state index in [4.69, 9.17) is 28.4 Å². The zero-order chi connectivity index (χ0) is 44.9. The summed E-state index contributed by atoms with van der Waals surface area (Å²) >= 11 is 0. The number of rotatable bonds is 7. The van der Waals surface area contributed by atoms with Crippen LogP contribution in [0.1, 0.15) is 96.6 Å². The van der Waals surface area contributed by atoms with Crippen LogP contribution < -0.4 is 5.32 Å². The van der Waals surface area contributed by atoms with Gasteiger partial charge in [0.2, 0.25) is 0 Å². The zero-order valence-electron chi connectivity index (χ0n) is 35.8. The molecule has 2 saturated carbocycles. The number of Topliss-reactive ketones (excluding diaryl/α,β-unsaturated/α-hetero) is 1. The number of benzene rings is 2. The van der Waals surface area contributed by atoms with Crippen LogP contribution in [0.5, 0.6) is 0 Å². The van der Waals surface area contributed by atoms with Crippen LogP contribution in [0.2, 0.25) is 0 Å². The Morgan fingerprint density at radius 3 is 2.13 bits per heavy atom. The number of carbonyl (C=O) groups excluding carboxylic acids is 6. The monoisotopic (exact) mass is 849 g/mol. The van der Waals surface area contributed by atoms with Gasteiger partial charge in [-0.1, -0.05) is 68.0 Å². The maximum absolute atomic E-state index is 14.5. The minimum atomic E-state index is -1.83. The number of ether oxygens (including phenoxy) is 7. The highest BCUT2D eigenvalue weighted by molar-refractivity contribution is 5.94. The number of methoxy groups -OCH3 is 1. The largest absolute Gasteiger partial charge is 0.509 e. The van der Waals surface area contributed by atoms with Crippen molar-refractivity contribution in [1.29, 1.82) is 0 Å².